The van der Waals surface area contributed by atoms with Crippen LogP contribution in [0, 0.1) is 6.92 Å². The number of fused-ring (bicyclic) bond motifs is 1. The smallest absolute Gasteiger partial charge is 0.225 e. The van der Waals surface area contributed by atoms with Crippen molar-refractivity contribution in [2.75, 3.05) is 21.3 Å². The van der Waals surface area contributed by atoms with Gasteiger partial charge in [0.15, 0.2) is 11.5 Å². The summed E-state index contributed by atoms with van der Waals surface area (Å²) in [6, 6.07) is 11.6. The Kier molecular flexibility index (Phi) is 5.84. The number of nitrogens with one attached hydrogen (secondary N) is 2. The minimum absolute atomic E-state index is 0.0353. The van der Waals surface area contributed by atoms with Crippen molar-refractivity contribution in [1.82, 2.24) is 15.5 Å². The molecule has 7 nitrogen and oxygen atoms in total. The molecule has 0 bridgehead atoms. The lowest BCUT2D eigenvalue weighted by Gasteiger charge is -2.16. The van der Waals surface area contributed by atoms with Crippen molar-refractivity contribution in [3.63, 3.8) is 0 Å². The first-order valence-electron chi connectivity index (χ1n) is 10.3. The minimum Gasteiger partial charge on any atom is -0.497 e. The van der Waals surface area contributed by atoms with Gasteiger partial charge in [-0.3, -0.25) is 9.89 Å². The summed E-state index contributed by atoms with van der Waals surface area (Å²) in [6.45, 7) is 1.94. The first-order valence-corrected chi connectivity index (χ1v) is 10.3. The quantitative estimate of drug-likeness (QED) is 0.607. The summed E-state index contributed by atoms with van der Waals surface area (Å²) in [6.07, 6.45) is 2.00. The van der Waals surface area contributed by atoms with E-state index in [1.54, 1.807) is 21.3 Å². The van der Waals surface area contributed by atoms with Crippen LogP contribution in [0.5, 0.6) is 17.2 Å². The third kappa shape index (κ3) is 4.08. The zero-order valence-corrected chi connectivity index (χ0v) is 18.2. The van der Waals surface area contributed by atoms with Crippen LogP contribution in [0.4, 0.5) is 0 Å². The fourth-order valence-corrected chi connectivity index (χ4v) is 4.15. The van der Waals surface area contributed by atoms with Crippen molar-refractivity contribution in [3.05, 3.63) is 58.8 Å². The van der Waals surface area contributed by atoms with Gasteiger partial charge in [0.1, 0.15) is 5.75 Å². The zero-order chi connectivity index (χ0) is 22.0. The lowest BCUT2D eigenvalue weighted by molar-refractivity contribution is -0.121. The molecular formula is C24H27N3O4. The molecule has 0 fully saturated rings. The predicted octanol–water partition coefficient (Wildman–Crippen LogP) is 3.76. The number of H-pyrrole nitrogens is 1. The van der Waals surface area contributed by atoms with Crippen LogP contribution in [0.1, 0.15) is 34.8 Å². The maximum absolute atomic E-state index is 13.0. The van der Waals surface area contributed by atoms with Crippen molar-refractivity contribution in [2.45, 2.75) is 32.2 Å². The van der Waals surface area contributed by atoms with E-state index in [-0.39, 0.29) is 18.4 Å². The summed E-state index contributed by atoms with van der Waals surface area (Å²) >= 11 is 0. The Labute approximate surface area is 181 Å². The molecule has 4 rings (SSSR count). The normalized spacial score (nSPS) is 14.8. The number of methoxy groups -OCH3 is 3. The molecule has 0 radical (unpaired) electrons. The molecule has 162 valence electrons. The van der Waals surface area contributed by atoms with Crippen LogP contribution in [0.15, 0.2) is 36.4 Å². The number of amides is 1. The van der Waals surface area contributed by atoms with Gasteiger partial charge in [0.25, 0.3) is 0 Å². The van der Waals surface area contributed by atoms with Gasteiger partial charge in [0.2, 0.25) is 5.91 Å². The van der Waals surface area contributed by atoms with Crippen LogP contribution in [-0.4, -0.2) is 37.4 Å². The van der Waals surface area contributed by atoms with E-state index in [1.807, 2.05) is 43.3 Å². The highest BCUT2D eigenvalue weighted by Gasteiger charge is 2.27. The molecule has 1 unspecified atom stereocenters. The van der Waals surface area contributed by atoms with E-state index in [9.17, 15) is 4.79 Å². The summed E-state index contributed by atoms with van der Waals surface area (Å²) in [5, 5.41) is 10.6. The summed E-state index contributed by atoms with van der Waals surface area (Å²) < 4.78 is 16.1. The number of aromatic amines is 1. The van der Waals surface area contributed by atoms with E-state index in [0.717, 1.165) is 46.7 Å². The van der Waals surface area contributed by atoms with Crippen LogP contribution in [0.2, 0.25) is 0 Å². The fraction of sp³-hybridized carbons (Fsp3) is 0.333. The van der Waals surface area contributed by atoms with Gasteiger partial charge in [0.05, 0.1) is 39.5 Å². The minimum atomic E-state index is -0.0426. The lowest BCUT2D eigenvalue weighted by Crippen LogP contribution is -2.28. The second kappa shape index (κ2) is 8.71. The number of aryl methyl sites for hydroxylation is 2. The molecule has 1 heterocycles. The van der Waals surface area contributed by atoms with E-state index in [1.165, 1.54) is 5.56 Å². The molecule has 2 aromatic carbocycles. The van der Waals surface area contributed by atoms with Gasteiger partial charge in [-0.15, -0.1) is 0 Å². The Morgan fingerprint density at radius 1 is 1.10 bits per heavy atom. The average Bonchev–Trinajstić information content (AvgIpc) is 3.35. The Morgan fingerprint density at radius 3 is 2.48 bits per heavy atom. The van der Waals surface area contributed by atoms with Gasteiger partial charge >= 0.3 is 0 Å². The first-order chi connectivity index (χ1) is 15.0. The maximum atomic E-state index is 13.0. The highest BCUT2D eigenvalue weighted by Crippen LogP contribution is 2.39. The van der Waals surface area contributed by atoms with Crippen LogP contribution in [0.25, 0.3) is 11.3 Å². The lowest BCUT2D eigenvalue weighted by atomic mass is 10.0. The Bertz CT molecular complexity index is 1090. The van der Waals surface area contributed by atoms with Crippen molar-refractivity contribution >= 4 is 5.91 Å². The highest BCUT2D eigenvalue weighted by atomic mass is 16.5. The number of carbonyl (C=O) groups is 1. The second-order valence-corrected chi connectivity index (χ2v) is 7.65. The van der Waals surface area contributed by atoms with Gasteiger partial charge in [-0.1, -0.05) is 0 Å². The number of hydrogen-bond acceptors (Lipinski definition) is 5. The molecule has 0 saturated carbocycles. The fourth-order valence-electron chi connectivity index (χ4n) is 4.15. The molecule has 2 N–H and O–H groups in total. The van der Waals surface area contributed by atoms with Crippen molar-refractivity contribution < 1.29 is 19.0 Å². The predicted molar refractivity (Wildman–Crippen MR) is 118 cm³/mol. The molecule has 0 saturated heterocycles. The van der Waals surface area contributed by atoms with Gasteiger partial charge in [-0.25, -0.2) is 0 Å². The molecule has 7 heteroatoms. The molecular weight excluding hydrogens is 394 g/mol. The topological polar surface area (TPSA) is 85.5 Å². The largest absolute Gasteiger partial charge is 0.497 e. The van der Waals surface area contributed by atoms with Crippen LogP contribution < -0.4 is 19.5 Å². The molecule has 1 aromatic heterocycles. The number of benzene rings is 2. The number of aromatic nitrogens is 2. The van der Waals surface area contributed by atoms with E-state index in [2.05, 4.69) is 15.5 Å². The molecule has 1 aliphatic rings. The number of rotatable bonds is 7. The van der Waals surface area contributed by atoms with E-state index >= 15 is 0 Å². The van der Waals surface area contributed by atoms with Gasteiger partial charge in [-0.05, 0) is 67.3 Å². The third-order valence-corrected chi connectivity index (χ3v) is 5.83. The monoisotopic (exact) mass is 421 g/mol. The van der Waals surface area contributed by atoms with E-state index in [4.69, 9.17) is 14.2 Å². The van der Waals surface area contributed by atoms with E-state index in [0.29, 0.717) is 11.5 Å². The molecule has 0 spiro atoms. The SMILES string of the molecule is COc1ccc(-c2n[nH]c(C)c2CC(=O)NC2CCc3cc(OC)c(OC)cc32)cc1. The highest BCUT2D eigenvalue weighted by molar-refractivity contribution is 5.82. The van der Waals surface area contributed by atoms with Crippen LogP contribution in [0.3, 0.4) is 0 Å². The molecule has 31 heavy (non-hydrogen) atoms. The summed E-state index contributed by atoms with van der Waals surface area (Å²) in [7, 11) is 4.89. The second-order valence-electron chi connectivity index (χ2n) is 7.65. The van der Waals surface area contributed by atoms with Crippen LogP contribution in [-0.2, 0) is 17.6 Å². The maximum Gasteiger partial charge on any atom is 0.225 e. The zero-order valence-electron chi connectivity index (χ0n) is 18.2. The van der Waals surface area contributed by atoms with Gasteiger partial charge in [0, 0.05) is 16.8 Å². The standard InChI is InChI=1S/C24H27N3O4/c1-14-18(24(27-26-14)15-5-8-17(29-2)9-6-15)13-23(28)25-20-10-7-16-11-21(30-3)22(31-4)12-19(16)20/h5-6,8-9,11-12,20H,7,10,13H2,1-4H3,(H,25,28)(H,26,27). The van der Waals surface area contributed by atoms with Crippen molar-refractivity contribution in [2.24, 2.45) is 0 Å². The molecule has 1 amide bonds. The number of ether oxygens (including phenoxy) is 3. The average molecular weight is 421 g/mol. The number of hydrogen-bond donors (Lipinski definition) is 2. The molecule has 3 aromatic rings. The van der Waals surface area contributed by atoms with E-state index < -0.39 is 0 Å². The third-order valence-electron chi connectivity index (χ3n) is 5.83. The Morgan fingerprint density at radius 2 is 1.81 bits per heavy atom. The van der Waals surface area contributed by atoms with Crippen LogP contribution >= 0.6 is 0 Å². The number of carbonyl (C=O) groups excluding carboxylic acids is 1. The molecule has 1 aliphatic carbocycles. The summed E-state index contributed by atoms with van der Waals surface area (Å²) in [5.74, 6) is 2.13. The first kappa shape index (κ1) is 20.8. The Hall–Kier alpha value is -3.48. The van der Waals surface area contributed by atoms with Crippen molar-refractivity contribution in [3.8, 4) is 28.5 Å². The molecule has 0 aliphatic heterocycles. The Balaban J connectivity index is 1.52. The molecule has 1 atom stereocenters. The number of nitrogens with zero attached hydrogens (tertiary/aromatic N) is 1. The summed E-state index contributed by atoms with van der Waals surface area (Å²) in [4.78, 5) is 13.0. The summed E-state index contributed by atoms with van der Waals surface area (Å²) in [5.41, 5.74) is 5.78. The van der Waals surface area contributed by atoms with Gasteiger partial charge in [-0.2, -0.15) is 5.10 Å². The van der Waals surface area contributed by atoms with Gasteiger partial charge < -0.3 is 19.5 Å². The van der Waals surface area contributed by atoms with Crippen molar-refractivity contribution in [1.29, 1.82) is 0 Å².